The molecule has 1 fully saturated rings. The first-order chi connectivity index (χ1) is 14.2. The third-order valence-corrected chi connectivity index (χ3v) is 5.29. The summed E-state index contributed by atoms with van der Waals surface area (Å²) in [6.07, 6.45) is 11.0. The molecule has 5 rings (SSSR count). The Balaban J connectivity index is 1.44. The zero-order chi connectivity index (χ0) is 19.8. The molecule has 0 aliphatic carbocycles. The highest BCUT2D eigenvalue weighted by Gasteiger charge is 2.16. The Labute approximate surface area is 166 Å². The Morgan fingerprint density at radius 3 is 2.86 bits per heavy atom. The van der Waals surface area contributed by atoms with Gasteiger partial charge in [-0.1, -0.05) is 0 Å². The minimum atomic E-state index is -0.224. The summed E-state index contributed by atoms with van der Waals surface area (Å²) in [5.41, 5.74) is 8.07. The van der Waals surface area contributed by atoms with Crippen molar-refractivity contribution in [3.8, 4) is 16.9 Å². The number of aromatic amines is 1. The number of nitrogens with two attached hydrogens (primary N) is 1. The van der Waals surface area contributed by atoms with Crippen molar-refractivity contribution >= 4 is 16.7 Å². The van der Waals surface area contributed by atoms with Crippen LogP contribution in [0.5, 0.6) is 0 Å². The second-order valence-corrected chi connectivity index (χ2v) is 7.18. The van der Waals surface area contributed by atoms with Gasteiger partial charge in [0.05, 0.1) is 24.5 Å². The first-order valence-corrected chi connectivity index (χ1v) is 9.62. The van der Waals surface area contributed by atoms with E-state index < -0.39 is 0 Å². The first-order valence-electron chi connectivity index (χ1n) is 9.62. The van der Waals surface area contributed by atoms with Crippen molar-refractivity contribution in [1.82, 2.24) is 39.4 Å². The summed E-state index contributed by atoms with van der Waals surface area (Å²) in [6.45, 7) is 4.17. The van der Waals surface area contributed by atoms with Gasteiger partial charge in [0.2, 0.25) is 0 Å². The predicted molar refractivity (Wildman–Crippen MR) is 109 cm³/mol. The van der Waals surface area contributed by atoms with Crippen molar-refractivity contribution in [2.45, 2.75) is 19.4 Å². The highest BCUT2D eigenvalue weighted by Crippen LogP contribution is 2.26. The van der Waals surface area contributed by atoms with Gasteiger partial charge in [-0.3, -0.25) is 9.48 Å². The van der Waals surface area contributed by atoms with E-state index in [1.807, 2.05) is 10.9 Å². The molecule has 0 bridgehead atoms. The Morgan fingerprint density at radius 2 is 2.00 bits per heavy atom. The zero-order valence-corrected chi connectivity index (χ0v) is 15.8. The van der Waals surface area contributed by atoms with Crippen LogP contribution in [0.15, 0.2) is 42.0 Å². The van der Waals surface area contributed by atoms with Gasteiger partial charge in [0.15, 0.2) is 11.6 Å². The van der Waals surface area contributed by atoms with Gasteiger partial charge >= 0.3 is 0 Å². The van der Waals surface area contributed by atoms with E-state index >= 15 is 0 Å². The van der Waals surface area contributed by atoms with E-state index in [2.05, 4.69) is 30.0 Å². The molecule has 1 aliphatic heterocycles. The minimum absolute atomic E-state index is 0.224. The number of fused-ring (bicyclic) bond motifs is 1. The zero-order valence-electron chi connectivity index (χ0n) is 15.8. The lowest BCUT2D eigenvalue weighted by atomic mass is 10.2. The Kier molecular flexibility index (Phi) is 4.32. The molecule has 10 heteroatoms. The van der Waals surface area contributed by atoms with E-state index in [1.54, 1.807) is 29.3 Å². The number of nitrogens with zero attached hydrogens (tertiary/aromatic N) is 7. The van der Waals surface area contributed by atoms with Crippen LogP contribution in [0.1, 0.15) is 12.8 Å². The summed E-state index contributed by atoms with van der Waals surface area (Å²) in [5, 5.41) is 9.30. The number of anilines is 1. The largest absolute Gasteiger partial charge is 0.382 e. The summed E-state index contributed by atoms with van der Waals surface area (Å²) in [6, 6.07) is 1.63. The van der Waals surface area contributed by atoms with E-state index in [9.17, 15) is 4.79 Å². The summed E-state index contributed by atoms with van der Waals surface area (Å²) in [5.74, 6) is 0.820. The number of nitrogen functional groups attached to an aromatic ring is 1. The summed E-state index contributed by atoms with van der Waals surface area (Å²) >= 11 is 0. The average molecular weight is 391 g/mol. The molecular weight excluding hydrogens is 370 g/mol. The second-order valence-electron chi connectivity index (χ2n) is 7.18. The van der Waals surface area contributed by atoms with Crippen molar-refractivity contribution in [3.05, 3.63) is 47.5 Å². The molecule has 4 aromatic heterocycles. The standard InChI is InChI=1S/C19H21N9O/c20-17-15(13-9-24-27(10-13)8-7-26-5-1-2-6-26)11-28(25-17)18-16-14(3-4-21-18)19(29)23-12-22-16/h3-4,9-12H,1-2,5-8H2,(H2,20,25)(H,22,23,29). The number of aromatic nitrogens is 7. The number of hydrogen-bond donors (Lipinski definition) is 2. The van der Waals surface area contributed by atoms with Crippen LogP contribution >= 0.6 is 0 Å². The smallest absolute Gasteiger partial charge is 0.258 e. The maximum absolute atomic E-state index is 12.0. The van der Waals surface area contributed by atoms with E-state index in [0.717, 1.165) is 24.2 Å². The van der Waals surface area contributed by atoms with Crippen LogP contribution in [0.2, 0.25) is 0 Å². The van der Waals surface area contributed by atoms with Gasteiger partial charge in [-0.2, -0.15) is 5.10 Å². The lowest BCUT2D eigenvalue weighted by molar-refractivity contribution is 0.316. The van der Waals surface area contributed by atoms with Crippen molar-refractivity contribution in [2.75, 3.05) is 25.4 Å². The third-order valence-electron chi connectivity index (χ3n) is 5.29. The molecule has 5 heterocycles. The van der Waals surface area contributed by atoms with E-state index in [0.29, 0.717) is 22.5 Å². The highest BCUT2D eigenvalue weighted by atomic mass is 16.1. The SMILES string of the molecule is Nc1nn(-c2nccc3c(=O)[nH]cnc23)cc1-c1cnn(CCN2CCCC2)c1. The lowest BCUT2D eigenvalue weighted by Gasteiger charge is -2.13. The van der Waals surface area contributed by atoms with Crippen LogP contribution in [-0.2, 0) is 6.54 Å². The monoisotopic (exact) mass is 391 g/mol. The normalized spacial score (nSPS) is 14.8. The Hall–Kier alpha value is -3.53. The fourth-order valence-corrected chi connectivity index (χ4v) is 3.75. The van der Waals surface area contributed by atoms with Gasteiger partial charge in [0.1, 0.15) is 5.52 Å². The Bertz CT molecular complexity index is 1220. The maximum atomic E-state index is 12.0. The van der Waals surface area contributed by atoms with E-state index in [-0.39, 0.29) is 5.56 Å². The molecule has 0 atom stereocenters. The van der Waals surface area contributed by atoms with Crippen LogP contribution in [0.25, 0.3) is 27.8 Å². The summed E-state index contributed by atoms with van der Waals surface area (Å²) in [7, 11) is 0. The molecule has 10 nitrogen and oxygen atoms in total. The van der Waals surface area contributed by atoms with Crippen molar-refractivity contribution in [3.63, 3.8) is 0 Å². The molecule has 0 spiro atoms. The number of likely N-dealkylation sites (tertiary alicyclic amines) is 1. The van der Waals surface area contributed by atoms with Gasteiger partial charge < -0.3 is 15.6 Å². The van der Waals surface area contributed by atoms with Crippen LogP contribution in [0, 0.1) is 0 Å². The molecule has 1 aliphatic rings. The maximum Gasteiger partial charge on any atom is 0.258 e. The predicted octanol–water partition coefficient (Wildman–Crippen LogP) is 1.05. The third kappa shape index (κ3) is 3.27. The van der Waals surface area contributed by atoms with Gasteiger partial charge in [0.25, 0.3) is 5.56 Å². The van der Waals surface area contributed by atoms with Crippen molar-refractivity contribution in [2.24, 2.45) is 0 Å². The quantitative estimate of drug-likeness (QED) is 0.521. The number of H-pyrrole nitrogens is 1. The molecule has 4 aromatic rings. The topological polar surface area (TPSA) is 124 Å². The molecule has 29 heavy (non-hydrogen) atoms. The molecule has 3 N–H and O–H groups in total. The van der Waals surface area contributed by atoms with E-state index in [1.165, 1.54) is 32.3 Å². The molecule has 0 radical (unpaired) electrons. The molecule has 148 valence electrons. The minimum Gasteiger partial charge on any atom is -0.382 e. The number of hydrogen-bond acceptors (Lipinski definition) is 7. The average Bonchev–Trinajstić information content (AvgIpc) is 3.47. The van der Waals surface area contributed by atoms with E-state index in [4.69, 9.17) is 5.73 Å². The second kappa shape index (κ2) is 7.13. The fraction of sp³-hybridized carbons (Fsp3) is 0.316. The Morgan fingerprint density at radius 1 is 1.14 bits per heavy atom. The highest BCUT2D eigenvalue weighted by molar-refractivity contribution is 5.84. The van der Waals surface area contributed by atoms with Gasteiger partial charge in [0, 0.05) is 36.3 Å². The van der Waals surface area contributed by atoms with Gasteiger partial charge in [-0.05, 0) is 32.0 Å². The van der Waals surface area contributed by atoms with Crippen molar-refractivity contribution in [1.29, 1.82) is 0 Å². The molecular formula is C19H21N9O. The van der Waals surface area contributed by atoms with Gasteiger partial charge in [-0.25, -0.2) is 14.6 Å². The fourth-order valence-electron chi connectivity index (χ4n) is 3.75. The van der Waals surface area contributed by atoms with Crippen LogP contribution in [0.3, 0.4) is 0 Å². The summed E-state index contributed by atoms with van der Waals surface area (Å²) < 4.78 is 3.49. The molecule has 0 aromatic carbocycles. The lowest BCUT2D eigenvalue weighted by Crippen LogP contribution is -2.24. The van der Waals surface area contributed by atoms with Crippen LogP contribution < -0.4 is 11.3 Å². The number of rotatable bonds is 5. The van der Waals surface area contributed by atoms with Gasteiger partial charge in [-0.15, -0.1) is 5.10 Å². The molecule has 0 amide bonds. The van der Waals surface area contributed by atoms with Crippen LogP contribution in [0.4, 0.5) is 5.82 Å². The van der Waals surface area contributed by atoms with Crippen LogP contribution in [-0.4, -0.2) is 59.0 Å². The molecule has 0 saturated carbocycles. The molecule has 1 saturated heterocycles. The summed E-state index contributed by atoms with van der Waals surface area (Å²) in [4.78, 5) is 25.6. The number of nitrogens with one attached hydrogen (secondary N) is 1. The number of pyridine rings is 1. The first kappa shape index (κ1) is 17.6. The van der Waals surface area contributed by atoms with Crippen molar-refractivity contribution < 1.29 is 0 Å². The molecule has 0 unspecified atom stereocenters.